The van der Waals surface area contributed by atoms with Crippen LogP contribution in [0.25, 0.3) is 0 Å². The van der Waals surface area contributed by atoms with Crippen molar-refractivity contribution in [2.45, 2.75) is 67.4 Å². The number of isocyanates is 2. The van der Waals surface area contributed by atoms with Gasteiger partial charge < -0.3 is 10.1 Å². The average molecular weight is 757 g/mol. The molecule has 0 atom stereocenters. The fourth-order valence-corrected chi connectivity index (χ4v) is 3.49. The van der Waals surface area contributed by atoms with Gasteiger partial charge in [0.1, 0.15) is 11.4 Å². The summed E-state index contributed by atoms with van der Waals surface area (Å²) >= 11 is 0. The molecule has 0 aliphatic rings. The molecule has 49 heavy (non-hydrogen) atoms. The smallest absolute Gasteiger partial charge is 0.445 e. The second-order valence-corrected chi connectivity index (χ2v) is 9.10. The number of hydrogen-bond donors (Lipinski definition) is 1. The Kier molecular flexibility index (Phi) is 11.1. The Hall–Kier alpha value is -4.41. The fourth-order valence-electron chi connectivity index (χ4n) is 3.49. The van der Waals surface area contributed by atoms with E-state index in [-0.39, 0.29) is 12.1 Å². The van der Waals surface area contributed by atoms with Gasteiger partial charge in [0.15, 0.2) is 6.73 Å². The number of halogens is 19. The first kappa shape index (κ1) is 42.6. The maximum atomic E-state index is 15.5. The second-order valence-electron chi connectivity index (χ2n) is 9.10. The summed E-state index contributed by atoms with van der Waals surface area (Å²) in [6, 6.07) is 0.157. The first-order valence-corrected chi connectivity index (χ1v) is 11.5. The van der Waals surface area contributed by atoms with E-state index >= 15 is 8.78 Å². The minimum Gasteiger partial charge on any atom is -0.445 e. The number of aliphatic imine (C=N–C) groups is 2. The first-order valence-electron chi connectivity index (χ1n) is 11.5. The molecule has 276 valence electrons. The van der Waals surface area contributed by atoms with E-state index in [4.69, 9.17) is 0 Å². The number of hydrogen-bond acceptors (Lipinski definition) is 7. The van der Waals surface area contributed by atoms with E-state index in [1.165, 1.54) is 5.32 Å². The highest BCUT2D eigenvalue weighted by Gasteiger charge is 2.96. The van der Waals surface area contributed by atoms with Crippen molar-refractivity contribution < 1.29 is 107 Å². The summed E-state index contributed by atoms with van der Waals surface area (Å²) in [6.07, 6.45) is -7.32. The van der Waals surface area contributed by atoms with Crippen LogP contribution >= 0.6 is 0 Å². The van der Waals surface area contributed by atoms with Gasteiger partial charge in [-0.05, 0) is 18.6 Å². The number of alkyl halides is 19. The van der Waals surface area contributed by atoms with Gasteiger partial charge in [0.2, 0.25) is 12.2 Å². The molecule has 1 aromatic rings. The highest BCUT2D eigenvalue weighted by Crippen LogP contribution is 2.67. The zero-order valence-corrected chi connectivity index (χ0v) is 22.9. The summed E-state index contributed by atoms with van der Waals surface area (Å²) in [4.78, 5) is 49.7. The summed E-state index contributed by atoms with van der Waals surface area (Å²) in [5, 5.41) is 1.30. The Morgan fingerprint density at radius 1 is 0.673 bits per heavy atom. The summed E-state index contributed by atoms with van der Waals surface area (Å²) < 4.78 is 268. The molecule has 0 radical (unpaired) electrons. The van der Waals surface area contributed by atoms with Crippen molar-refractivity contribution in [1.29, 1.82) is 0 Å². The predicted molar refractivity (Wildman–Crippen MR) is 115 cm³/mol. The van der Waals surface area contributed by atoms with Crippen LogP contribution in [0.2, 0.25) is 0 Å². The van der Waals surface area contributed by atoms with E-state index in [0.29, 0.717) is 19.9 Å². The molecule has 0 saturated heterocycles. The lowest BCUT2D eigenvalue weighted by molar-refractivity contribution is -0.469. The molecule has 0 bridgehead atoms. The van der Waals surface area contributed by atoms with Crippen molar-refractivity contribution in [3.8, 4) is 0 Å². The molecule has 0 heterocycles. The van der Waals surface area contributed by atoms with Crippen molar-refractivity contribution >= 4 is 35.4 Å². The van der Waals surface area contributed by atoms with Crippen LogP contribution in [-0.2, 0) is 25.0 Å². The van der Waals surface area contributed by atoms with Gasteiger partial charge in [-0.15, -0.1) is 0 Å². The normalized spacial score (nSPS) is 14.1. The van der Waals surface area contributed by atoms with Crippen LogP contribution in [0, 0.1) is 6.92 Å². The SMILES string of the molecule is CC(=O)OCNC(=O)c1c(C)cc(N=C=O)c(N=C=O)c1C(F)(F)C(F)(F)C(F)(F)C(F)(F)C(F)(F)C(F)(F)C(F)(F)C(F)(F)C(F)(F)F. The number of amides is 1. The number of ether oxygens (including phenoxy) is 1. The van der Waals surface area contributed by atoms with Gasteiger partial charge >= 0.3 is 59.5 Å². The maximum absolute atomic E-state index is 15.5. The van der Waals surface area contributed by atoms with Gasteiger partial charge in [0.25, 0.3) is 5.91 Å². The lowest BCUT2D eigenvalue weighted by Crippen LogP contribution is -2.75. The topological polar surface area (TPSA) is 114 Å². The number of aryl methyl sites for hydroxylation is 1. The molecule has 0 unspecified atom stereocenters. The molecule has 1 N–H and O–H groups in total. The third kappa shape index (κ3) is 6.28. The van der Waals surface area contributed by atoms with Crippen LogP contribution in [0.15, 0.2) is 16.1 Å². The summed E-state index contributed by atoms with van der Waals surface area (Å²) in [5.41, 5.74) is -10.9. The predicted octanol–water partition coefficient (Wildman–Crippen LogP) is 7.28. The van der Waals surface area contributed by atoms with E-state index in [1.54, 1.807) is 0 Å². The lowest BCUT2D eigenvalue weighted by Gasteiger charge is -2.44. The molecule has 27 heteroatoms. The standard InChI is InChI=1S/C22H10F19N3O5/c1-7-3-9(42-4-45)12(43-5-46)11(10(7)13(48)44-6-49-8(2)47)14(23,24)15(25,26)16(27,28)17(29,30)18(31,32)19(33,34)20(35,36)21(37,38)22(39,40)41/h3H,6H2,1-2H3,(H,44,48). The summed E-state index contributed by atoms with van der Waals surface area (Å²) in [7, 11) is 0. The molecule has 0 aliphatic carbocycles. The lowest BCUT2D eigenvalue weighted by atomic mass is 9.83. The average Bonchev–Trinajstić information content (AvgIpc) is 2.92. The Morgan fingerprint density at radius 2 is 1.06 bits per heavy atom. The van der Waals surface area contributed by atoms with Crippen molar-refractivity contribution in [2.24, 2.45) is 9.98 Å². The van der Waals surface area contributed by atoms with Gasteiger partial charge in [-0.3, -0.25) is 9.59 Å². The molecule has 0 spiro atoms. The summed E-state index contributed by atoms with van der Waals surface area (Å²) in [6.45, 7) is -0.439. The molecule has 0 fully saturated rings. The molecule has 8 nitrogen and oxygen atoms in total. The van der Waals surface area contributed by atoms with Crippen molar-refractivity contribution in [3.63, 3.8) is 0 Å². The van der Waals surface area contributed by atoms with Crippen LogP contribution in [0.5, 0.6) is 0 Å². The van der Waals surface area contributed by atoms with Crippen LogP contribution < -0.4 is 5.32 Å². The number of esters is 1. The van der Waals surface area contributed by atoms with Crippen LogP contribution in [0.1, 0.15) is 28.4 Å². The minimum absolute atomic E-state index is 0.157. The molecule has 0 aliphatic heterocycles. The Morgan fingerprint density at radius 3 is 1.43 bits per heavy atom. The molecule has 1 aromatic carbocycles. The van der Waals surface area contributed by atoms with Crippen molar-refractivity contribution in [2.75, 3.05) is 6.73 Å². The zero-order valence-electron chi connectivity index (χ0n) is 22.9. The summed E-state index contributed by atoms with van der Waals surface area (Å²) in [5.74, 6) is -73.6. The van der Waals surface area contributed by atoms with E-state index in [9.17, 15) is 93.8 Å². The second kappa shape index (κ2) is 12.8. The molecule has 0 aromatic heterocycles. The van der Waals surface area contributed by atoms with Crippen LogP contribution in [-0.4, -0.2) is 78.4 Å². The Balaban J connectivity index is 4.29. The largest absolute Gasteiger partial charge is 0.460 e. The number of rotatable bonds is 13. The first-order chi connectivity index (χ1) is 21.6. The molecular weight excluding hydrogens is 747 g/mol. The fraction of sp³-hybridized carbons (Fsp3) is 0.545. The number of benzene rings is 1. The molecular formula is C22H10F19N3O5. The highest BCUT2D eigenvalue weighted by molar-refractivity contribution is 6.00. The van der Waals surface area contributed by atoms with Crippen LogP contribution in [0.4, 0.5) is 94.8 Å². The van der Waals surface area contributed by atoms with Gasteiger partial charge in [-0.25, -0.2) is 9.59 Å². The van der Waals surface area contributed by atoms with E-state index in [1.807, 2.05) is 0 Å². The van der Waals surface area contributed by atoms with Gasteiger partial charge in [-0.2, -0.15) is 93.4 Å². The molecule has 1 amide bonds. The number of nitrogens with zero attached hydrogens (tertiary/aromatic N) is 2. The highest BCUT2D eigenvalue weighted by atomic mass is 19.4. The maximum Gasteiger partial charge on any atom is 0.460 e. The third-order valence-corrected chi connectivity index (χ3v) is 5.97. The monoisotopic (exact) mass is 757 g/mol. The van der Waals surface area contributed by atoms with Gasteiger partial charge in [0, 0.05) is 6.92 Å². The molecule has 1 rings (SSSR count). The number of carbonyl (C=O) groups is 2. The molecule has 0 saturated carbocycles. The van der Waals surface area contributed by atoms with Crippen molar-refractivity contribution in [3.05, 3.63) is 22.8 Å². The Bertz CT molecular complexity index is 1580. The Labute approximate surface area is 256 Å². The van der Waals surface area contributed by atoms with Crippen LogP contribution in [0.3, 0.4) is 0 Å². The van der Waals surface area contributed by atoms with Crippen molar-refractivity contribution in [1.82, 2.24) is 5.32 Å². The van der Waals surface area contributed by atoms with Gasteiger partial charge in [0.05, 0.1) is 11.1 Å². The quantitative estimate of drug-likeness (QED) is 0.0748. The number of nitrogens with one attached hydrogen (secondary N) is 1. The van der Waals surface area contributed by atoms with Gasteiger partial charge in [-0.1, -0.05) is 0 Å². The minimum atomic E-state index is -9.23. The van der Waals surface area contributed by atoms with E-state index in [0.717, 1.165) is 0 Å². The number of carbonyl (C=O) groups excluding carboxylic acids is 4. The van der Waals surface area contributed by atoms with E-state index < -0.39 is 100 Å². The third-order valence-electron chi connectivity index (χ3n) is 5.97. The zero-order chi connectivity index (χ0) is 39.2. The van der Waals surface area contributed by atoms with E-state index in [2.05, 4.69) is 14.7 Å².